The van der Waals surface area contributed by atoms with Crippen molar-refractivity contribution in [3.8, 4) is 35.2 Å². The number of nitrogens with one attached hydrogen (secondary N) is 1. The number of aromatic hydroxyl groups is 1. The SMILES string of the molecule is C#Cc1c(F)ccc2cc(O)cc(-c3c(Cl)cc4c(N5CC6CCC(C5)N6)nc(OCC5(CN6CC7(CC(OC)C7)C6)CC5)nc4c3F)c12. The smallest absolute Gasteiger partial charge is 0.319 e. The van der Waals surface area contributed by atoms with Gasteiger partial charge in [-0.1, -0.05) is 23.6 Å². The molecule has 3 saturated heterocycles. The molecule has 254 valence electrons. The molecular weight excluding hydrogens is 648 g/mol. The van der Waals surface area contributed by atoms with E-state index in [4.69, 9.17) is 32.5 Å². The number of phenols is 1. The Morgan fingerprint density at radius 2 is 1.86 bits per heavy atom. The van der Waals surface area contributed by atoms with Crippen LogP contribution >= 0.6 is 11.6 Å². The second-order valence-corrected chi connectivity index (χ2v) is 15.6. The summed E-state index contributed by atoms with van der Waals surface area (Å²) in [6.45, 7) is 5.03. The van der Waals surface area contributed by atoms with Crippen molar-refractivity contribution in [1.82, 2.24) is 20.2 Å². The molecule has 2 aliphatic carbocycles. The summed E-state index contributed by atoms with van der Waals surface area (Å²) in [6, 6.07) is 7.97. The van der Waals surface area contributed by atoms with Gasteiger partial charge in [-0.15, -0.1) is 6.42 Å². The van der Waals surface area contributed by atoms with Crippen LogP contribution in [-0.2, 0) is 4.74 Å². The van der Waals surface area contributed by atoms with E-state index >= 15 is 4.39 Å². The van der Waals surface area contributed by atoms with Crippen LogP contribution in [0.4, 0.5) is 14.6 Å². The number of halogens is 3. The van der Waals surface area contributed by atoms with Gasteiger partial charge in [0.15, 0.2) is 5.82 Å². The van der Waals surface area contributed by atoms with E-state index in [1.807, 2.05) is 0 Å². The Labute approximate surface area is 288 Å². The third-order valence-corrected chi connectivity index (χ3v) is 11.9. The van der Waals surface area contributed by atoms with Gasteiger partial charge in [0.25, 0.3) is 0 Å². The normalized spacial score (nSPS) is 23.9. The Kier molecular flexibility index (Phi) is 7.26. The molecule has 2 saturated carbocycles. The van der Waals surface area contributed by atoms with Crippen molar-refractivity contribution >= 4 is 39.1 Å². The van der Waals surface area contributed by atoms with Gasteiger partial charge in [0.2, 0.25) is 0 Å². The fourth-order valence-electron chi connectivity index (χ4n) is 9.01. The standard InChI is InChI=1S/C38H38ClF2N5O3/c1-3-26-30(40)7-4-21-10-24(47)11-27(31(21)26)32-29(39)12-28-34(33(32)41)43-36(44-35(28)46-15-22-5-6-23(16-46)42-22)49-20-37(8-9-37)17-45-18-38(19-45)13-25(14-38)48-2/h1,4,7,10-12,22-23,25,42,47H,5-6,8-9,13-20H2,2H3. The van der Waals surface area contributed by atoms with E-state index in [-0.39, 0.29) is 49.8 Å². The van der Waals surface area contributed by atoms with Crippen LogP contribution < -0.4 is 15.0 Å². The zero-order valence-corrected chi connectivity index (χ0v) is 28.1. The molecule has 9 rings (SSSR count). The summed E-state index contributed by atoms with van der Waals surface area (Å²) in [4.78, 5) is 14.3. The number of hydrogen-bond donors (Lipinski definition) is 2. The number of likely N-dealkylation sites (tertiary alicyclic amines) is 1. The first kappa shape index (κ1) is 31.2. The molecule has 1 spiro atoms. The van der Waals surface area contributed by atoms with Crippen LogP contribution in [-0.4, -0.2) is 84.6 Å². The van der Waals surface area contributed by atoms with Crippen molar-refractivity contribution < 1.29 is 23.4 Å². The molecule has 2 unspecified atom stereocenters. The summed E-state index contributed by atoms with van der Waals surface area (Å²) in [7, 11) is 1.79. The van der Waals surface area contributed by atoms with Gasteiger partial charge >= 0.3 is 6.01 Å². The Bertz CT molecular complexity index is 2040. The molecule has 3 aliphatic heterocycles. The van der Waals surface area contributed by atoms with Crippen LogP contribution in [0.2, 0.25) is 5.02 Å². The molecule has 4 aromatic rings. The second-order valence-electron chi connectivity index (χ2n) is 15.2. The molecule has 3 aromatic carbocycles. The number of hydrogen-bond acceptors (Lipinski definition) is 8. The number of aromatic nitrogens is 2. The number of nitrogens with zero attached hydrogens (tertiary/aromatic N) is 4. The van der Waals surface area contributed by atoms with Crippen LogP contribution in [0.3, 0.4) is 0 Å². The topological polar surface area (TPSA) is 83.0 Å². The Morgan fingerprint density at radius 1 is 1.10 bits per heavy atom. The van der Waals surface area contributed by atoms with E-state index in [2.05, 4.69) is 26.0 Å². The van der Waals surface area contributed by atoms with E-state index in [9.17, 15) is 9.50 Å². The van der Waals surface area contributed by atoms with Crippen molar-refractivity contribution in [3.05, 3.63) is 52.6 Å². The first-order chi connectivity index (χ1) is 23.6. The predicted octanol–water partition coefficient (Wildman–Crippen LogP) is 6.28. The molecule has 8 nitrogen and oxygen atoms in total. The quantitative estimate of drug-likeness (QED) is 0.210. The Hall–Kier alpha value is -3.75. The highest BCUT2D eigenvalue weighted by Crippen LogP contribution is 2.53. The van der Waals surface area contributed by atoms with Gasteiger partial charge in [0.05, 0.1) is 23.3 Å². The molecule has 49 heavy (non-hydrogen) atoms. The summed E-state index contributed by atoms with van der Waals surface area (Å²) < 4.78 is 43.9. The lowest BCUT2D eigenvalue weighted by atomic mass is 9.61. The van der Waals surface area contributed by atoms with E-state index in [1.165, 1.54) is 24.3 Å². The van der Waals surface area contributed by atoms with Gasteiger partial charge in [-0.25, -0.2) is 8.78 Å². The van der Waals surface area contributed by atoms with Crippen LogP contribution in [0, 0.1) is 34.8 Å². The largest absolute Gasteiger partial charge is 0.508 e. The number of piperazine rings is 1. The van der Waals surface area contributed by atoms with Gasteiger partial charge in [-0.3, -0.25) is 0 Å². The number of rotatable bonds is 8. The third-order valence-electron chi connectivity index (χ3n) is 11.6. The molecule has 5 aliphatic rings. The molecule has 0 amide bonds. The number of ether oxygens (including phenoxy) is 2. The van der Waals surface area contributed by atoms with E-state index in [1.54, 1.807) is 13.2 Å². The molecular formula is C38H38ClF2N5O3. The molecule has 4 heterocycles. The molecule has 2 N–H and O–H groups in total. The lowest BCUT2D eigenvalue weighted by Gasteiger charge is -2.59. The van der Waals surface area contributed by atoms with Crippen molar-refractivity contribution in [2.75, 3.05) is 51.3 Å². The molecule has 2 bridgehead atoms. The van der Waals surface area contributed by atoms with E-state index < -0.39 is 11.6 Å². The van der Waals surface area contributed by atoms with Crippen molar-refractivity contribution in [2.45, 2.75) is 56.7 Å². The number of benzene rings is 3. The van der Waals surface area contributed by atoms with E-state index in [0.29, 0.717) is 46.8 Å². The maximum atomic E-state index is 17.1. The minimum absolute atomic E-state index is 0.0229. The summed E-state index contributed by atoms with van der Waals surface area (Å²) >= 11 is 6.90. The summed E-state index contributed by atoms with van der Waals surface area (Å²) in [5.74, 6) is 1.52. The highest BCUT2D eigenvalue weighted by molar-refractivity contribution is 6.35. The molecule has 11 heteroatoms. The van der Waals surface area contributed by atoms with E-state index in [0.717, 1.165) is 71.2 Å². The number of anilines is 1. The maximum Gasteiger partial charge on any atom is 0.319 e. The predicted molar refractivity (Wildman–Crippen MR) is 185 cm³/mol. The third kappa shape index (κ3) is 5.29. The zero-order valence-electron chi connectivity index (χ0n) is 27.4. The lowest BCUT2D eigenvalue weighted by Crippen LogP contribution is -2.64. The number of terminal acetylenes is 1. The van der Waals surface area contributed by atoms with Crippen LogP contribution in [0.5, 0.6) is 11.8 Å². The monoisotopic (exact) mass is 685 g/mol. The highest BCUT2D eigenvalue weighted by atomic mass is 35.5. The molecule has 1 aromatic heterocycles. The molecule has 5 fully saturated rings. The minimum Gasteiger partial charge on any atom is -0.508 e. The second kappa shape index (κ2) is 11.4. The maximum absolute atomic E-state index is 17.1. The highest BCUT2D eigenvalue weighted by Gasteiger charge is 2.55. The van der Waals surface area contributed by atoms with Crippen LogP contribution in [0.15, 0.2) is 30.3 Å². The number of methoxy groups -OCH3 is 1. The average Bonchev–Trinajstić information content (AvgIpc) is 3.74. The first-order valence-corrected chi connectivity index (χ1v) is 17.5. The van der Waals surface area contributed by atoms with Crippen LogP contribution in [0.25, 0.3) is 32.8 Å². The summed E-state index contributed by atoms with van der Waals surface area (Å²) in [6.07, 6.45) is 12.7. The van der Waals surface area contributed by atoms with Gasteiger partial charge < -0.3 is 29.7 Å². The zero-order chi connectivity index (χ0) is 33.7. The van der Waals surface area contributed by atoms with Crippen LogP contribution in [0.1, 0.15) is 44.1 Å². The summed E-state index contributed by atoms with van der Waals surface area (Å²) in [5, 5.41) is 15.6. The first-order valence-electron chi connectivity index (χ1n) is 17.2. The molecule has 0 radical (unpaired) electrons. The molecule has 2 atom stereocenters. The average molecular weight is 686 g/mol. The fraction of sp³-hybridized carbons (Fsp3) is 0.474. The van der Waals surface area contributed by atoms with Crippen molar-refractivity contribution in [2.24, 2.45) is 10.8 Å². The Balaban J connectivity index is 1.09. The fourth-order valence-corrected chi connectivity index (χ4v) is 9.30. The Morgan fingerprint density at radius 3 is 2.55 bits per heavy atom. The van der Waals surface area contributed by atoms with Gasteiger partial charge in [-0.2, -0.15) is 9.97 Å². The van der Waals surface area contributed by atoms with Gasteiger partial charge in [-0.05, 0) is 73.7 Å². The number of phenolic OH excluding ortho intramolecular Hbond substituents is 1. The van der Waals surface area contributed by atoms with Gasteiger partial charge in [0, 0.05) is 79.1 Å². The van der Waals surface area contributed by atoms with Crippen molar-refractivity contribution in [1.29, 1.82) is 0 Å². The minimum atomic E-state index is -0.713. The van der Waals surface area contributed by atoms with Crippen molar-refractivity contribution in [3.63, 3.8) is 0 Å². The number of fused-ring (bicyclic) bond motifs is 4. The summed E-state index contributed by atoms with van der Waals surface area (Å²) in [5.41, 5.74) is 0.616. The lowest BCUT2D eigenvalue weighted by molar-refractivity contribution is -0.145. The van der Waals surface area contributed by atoms with Gasteiger partial charge in [0.1, 0.15) is 22.9 Å².